The normalized spacial score (nSPS) is 10.8. The minimum absolute atomic E-state index is 0.0465. The highest BCUT2D eigenvalue weighted by Crippen LogP contribution is 2.29. The number of hydrogen-bond donors (Lipinski definition) is 0. The minimum atomic E-state index is 0.0465. The molecule has 0 radical (unpaired) electrons. The predicted octanol–water partition coefficient (Wildman–Crippen LogP) is 5.73. The second-order valence-electron chi connectivity index (χ2n) is 6.26. The highest BCUT2D eigenvalue weighted by molar-refractivity contribution is 6.10. The van der Waals surface area contributed by atoms with Gasteiger partial charge in [-0.15, -0.1) is 6.58 Å². The summed E-state index contributed by atoms with van der Waals surface area (Å²) in [7, 11) is 0. The van der Waals surface area contributed by atoms with Gasteiger partial charge in [0, 0.05) is 34.3 Å². The molecule has 26 heavy (non-hydrogen) atoms. The monoisotopic (exact) mass is 337 g/mol. The van der Waals surface area contributed by atoms with E-state index in [2.05, 4.69) is 29.3 Å². The number of rotatable bonds is 5. The van der Waals surface area contributed by atoms with Gasteiger partial charge in [-0.1, -0.05) is 66.7 Å². The zero-order chi connectivity index (χ0) is 17.9. The molecule has 0 aliphatic carbocycles. The van der Waals surface area contributed by atoms with Crippen LogP contribution < -0.4 is 0 Å². The molecule has 0 spiro atoms. The molecule has 3 aromatic carbocycles. The summed E-state index contributed by atoms with van der Waals surface area (Å²) in [5.41, 5.74) is 4.80. The summed E-state index contributed by atoms with van der Waals surface area (Å²) in [6.07, 6.45) is 1.90. The average molecular weight is 337 g/mol. The van der Waals surface area contributed by atoms with Gasteiger partial charge < -0.3 is 4.57 Å². The Morgan fingerprint density at radius 2 is 1.54 bits per heavy atom. The maximum atomic E-state index is 12.8. The number of carbonyl (C=O) groups excluding carboxylic acids is 1. The smallest absolute Gasteiger partial charge is 0.193 e. The Bertz CT molecular complexity index is 1080. The molecule has 4 rings (SSSR count). The van der Waals surface area contributed by atoms with E-state index in [9.17, 15) is 4.79 Å². The highest BCUT2D eigenvalue weighted by atomic mass is 16.1. The fourth-order valence-corrected chi connectivity index (χ4v) is 3.34. The first kappa shape index (κ1) is 16.1. The first-order valence-corrected chi connectivity index (χ1v) is 8.67. The second kappa shape index (κ2) is 6.85. The summed E-state index contributed by atoms with van der Waals surface area (Å²) in [5.74, 6) is 0.0465. The lowest BCUT2D eigenvalue weighted by Crippen LogP contribution is -2.01. The van der Waals surface area contributed by atoms with E-state index in [1.165, 1.54) is 0 Å². The molecule has 0 aliphatic rings. The zero-order valence-electron chi connectivity index (χ0n) is 14.4. The summed E-state index contributed by atoms with van der Waals surface area (Å²) in [6.45, 7) is 4.61. The van der Waals surface area contributed by atoms with Crippen molar-refractivity contribution in [2.45, 2.75) is 6.54 Å². The van der Waals surface area contributed by atoms with Gasteiger partial charge in [-0.05, 0) is 29.8 Å². The van der Waals surface area contributed by atoms with Crippen LogP contribution in [0.2, 0.25) is 0 Å². The van der Waals surface area contributed by atoms with Crippen molar-refractivity contribution in [1.82, 2.24) is 4.57 Å². The molecule has 0 saturated carbocycles. The summed E-state index contributed by atoms with van der Waals surface area (Å²) in [6, 6.07) is 27.8. The van der Waals surface area contributed by atoms with Gasteiger partial charge in [0.2, 0.25) is 0 Å². The van der Waals surface area contributed by atoms with Crippen LogP contribution in [0, 0.1) is 0 Å². The maximum Gasteiger partial charge on any atom is 0.193 e. The van der Waals surface area contributed by atoms with Crippen molar-refractivity contribution in [3.05, 3.63) is 109 Å². The number of hydrogen-bond acceptors (Lipinski definition) is 1. The van der Waals surface area contributed by atoms with Gasteiger partial charge in [0.05, 0.1) is 0 Å². The maximum absolute atomic E-state index is 12.8. The van der Waals surface area contributed by atoms with E-state index in [1.54, 1.807) is 0 Å². The molecule has 0 N–H and O–H groups in total. The summed E-state index contributed by atoms with van der Waals surface area (Å²) < 4.78 is 2.23. The van der Waals surface area contributed by atoms with E-state index >= 15 is 0 Å². The number of carbonyl (C=O) groups is 1. The van der Waals surface area contributed by atoms with Crippen molar-refractivity contribution in [3.8, 4) is 11.3 Å². The molecule has 0 bridgehead atoms. The lowest BCUT2D eigenvalue weighted by Gasteiger charge is -2.08. The Morgan fingerprint density at radius 1 is 0.846 bits per heavy atom. The van der Waals surface area contributed by atoms with Crippen LogP contribution in [0.1, 0.15) is 15.9 Å². The van der Waals surface area contributed by atoms with Crippen molar-refractivity contribution < 1.29 is 4.79 Å². The number of fused-ring (bicyclic) bond motifs is 1. The summed E-state index contributed by atoms with van der Waals surface area (Å²) in [4.78, 5) is 12.8. The summed E-state index contributed by atoms with van der Waals surface area (Å²) >= 11 is 0. The summed E-state index contributed by atoms with van der Waals surface area (Å²) in [5, 5.41) is 1.06. The van der Waals surface area contributed by atoms with Gasteiger partial charge in [0.25, 0.3) is 0 Å². The molecule has 0 aliphatic heterocycles. The Morgan fingerprint density at radius 3 is 2.23 bits per heavy atom. The lowest BCUT2D eigenvalue weighted by molar-refractivity contribution is 0.103. The van der Waals surface area contributed by atoms with E-state index in [0.29, 0.717) is 11.1 Å². The molecule has 126 valence electrons. The molecular weight excluding hydrogens is 318 g/mol. The fraction of sp³-hybridized carbons (Fsp3) is 0.0417. The Hall–Kier alpha value is -3.39. The van der Waals surface area contributed by atoms with Gasteiger partial charge in [0.1, 0.15) is 0 Å². The van der Waals surface area contributed by atoms with Gasteiger partial charge in [-0.3, -0.25) is 4.79 Å². The lowest BCUT2D eigenvalue weighted by atomic mass is 10.0. The molecule has 0 unspecified atom stereocenters. The van der Waals surface area contributed by atoms with Gasteiger partial charge >= 0.3 is 0 Å². The van der Waals surface area contributed by atoms with Crippen molar-refractivity contribution in [3.63, 3.8) is 0 Å². The van der Waals surface area contributed by atoms with Crippen LogP contribution in [0.25, 0.3) is 22.2 Å². The molecule has 0 atom stereocenters. The molecule has 4 aromatic rings. The first-order valence-electron chi connectivity index (χ1n) is 8.67. The quantitative estimate of drug-likeness (QED) is 0.337. The molecule has 0 saturated heterocycles. The van der Waals surface area contributed by atoms with E-state index < -0.39 is 0 Å². The van der Waals surface area contributed by atoms with Gasteiger partial charge in [-0.2, -0.15) is 0 Å². The highest BCUT2D eigenvalue weighted by Gasteiger charge is 2.13. The molecule has 1 aromatic heterocycles. The van der Waals surface area contributed by atoms with Gasteiger partial charge in [-0.25, -0.2) is 0 Å². The molecule has 2 heteroatoms. The van der Waals surface area contributed by atoms with Crippen LogP contribution in [0.4, 0.5) is 0 Å². The van der Waals surface area contributed by atoms with E-state index in [1.807, 2.05) is 72.8 Å². The fourth-order valence-electron chi connectivity index (χ4n) is 3.34. The van der Waals surface area contributed by atoms with Crippen molar-refractivity contribution in [2.24, 2.45) is 0 Å². The third kappa shape index (κ3) is 2.86. The van der Waals surface area contributed by atoms with Crippen LogP contribution in [-0.4, -0.2) is 10.4 Å². The van der Waals surface area contributed by atoms with Crippen LogP contribution in [-0.2, 0) is 6.54 Å². The number of benzene rings is 3. The molecular formula is C24H19NO. The Kier molecular flexibility index (Phi) is 4.24. The molecule has 0 fully saturated rings. The first-order chi connectivity index (χ1) is 12.8. The molecule has 1 heterocycles. The third-order valence-electron chi connectivity index (χ3n) is 4.58. The van der Waals surface area contributed by atoms with E-state index in [-0.39, 0.29) is 5.78 Å². The van der Waals surface area contributed by atoms with Crippen LogP contribution in [0.15, 0.2) is 97.6 Å². The average Bonchev–Trinajstić information content (AvgIpc) is 3.07. The Balaban J connectivity index is 1.84. The number of ketones is 1. The largest absolute Gasteiger partial charge is 0.337 e. The van der Waals surface area contributed by atoms with Gasteiger partial charge in [0.15, 0.2) is 5.78 Å². The predicted molar refractivity (Wildman–Crippen MR) is 107 cm³/mol. The van der Waals surface area contributed by atoms with E-state index in [0.717, 1.165) is 28.7 Å². The minimum Gasteiger partial charge on any atom is -0.337 e. The molecule has 0 amide bonds. The molecule has 2 nitrogen and oxygen atoms in total. The van der Waals surface area contributed by atoms with Crippen LogP contribution in [0.3, 0.4) is 0 Å². The zero-order valence-corrected chi connectivity index (χ0v) is 14.4. The number of allylic oxidation sites excluding steroid dienone is 1. The van der Waals surface area contributed by atoms with E-state index in [4.69, 9.17) is 0 Å². The van der Waals surface area contributed by atoms with Crippen molar-refractivity contribution >= 4 is 16.7 Å². The van der Waals surface area contributed by atoms with Crippen LogP contribution in [0.5, 0.6) is 0 Å². The topological polar surface area (TPSA) is 22.0 Å². The number of aromatic nitrogens is 1. The second-order valence-corrected chi connectivity index (χ2v) is 6.26. The third-order valence-corrected chi connectivity index (χ3v) is 4.58. The Labute approximate surface area is 153 Å². The number of nitrogens with zero attached hydrogens (tertiary/aromatic N) is 1. The van der Waals surface area contributed by atoms with Crippen LogP contribution >= 0.6 is 0 Å². The van der Waals surface area contributed by atoms with Crippen molar-refractivity contribution in [2.75, 3.05) is 0 Å². The SMILES string of the molecule is C=CCn1c(-c2ccccc2)cc2cc(C(=O)c3ccccc3)ccc21. The standard InChI is InChI=1S/C24H19NO/c1-2-15-25-22-14-13-20(24(26)19-11-7-4-8-12-19)16-21(22)17-23(25)18-9-5-3-6-10-18/h2-14,16-17H,1,15H2. The van der Waals surface area contributed by atoms with Crippen molar-refractivity contribution in [1.29, 1.82) is 0 Å².